The molecule has 12 heavy (non-hydrogen) atoms. The van der Waals surface area contributed by atoms with Gasteiger partial charge in [-0.15, -0.1) is 0 Å². The summed E-state index contributed by atoms with van der Waals surface area (Å²) in [5.41, 5.74) is 1.52. The molecule has 0 radical (unpaired) electrons. The van der Waals surface area contributed by atoms with Crippen LogP contribution in [0.4, 0.5) is 0 Å². The van der Waals surface area contributed by atoms with Crippen molar-refractivity contribution in [3.8, 4) is 0 Å². The Hall–Kier alpha value is -0.390. The summed E-state index contributed by atoms with van der Waals surface area (Å²) in [6, 6.07) is 9.40. The van der Waals surface area contributed by atoms with Gasteiger partial charge in [-0.1, -0.05) is 24.3 Å². The van der Waals surface area contributed by atoms with E-state index >= 15 is 0 Å². The Morgan fingerprint density at radius 1 is 1.33 bits per heavy atom. The van der Waals surface area contributed by atoms with Crippen molar-refractivity contribution >= 4 is 13.4 Å². The Kier molecular flexibility index (Phi) is 1.94. The van der Waals surface area contributed by atoms with Gasteiger partial charge in [0.15, 0.2) is 0 Å². The Labute approximate surface area is 75.2 Å². The van der Waals surface area contributed by atoms with Gasteiger partial charge in [-0.05, 0) is 39.6 Å². The van der Waals surface area contributed by atoms with Crippen LogP contribution in [0.3, 0.4) is 0 Å². The predicted molar refractivity (Wildman–Crippen MR) is 55.1 cm³/mol. The summed E-state index contributed by atoms with van der Waals surface area (Å²) in [7, 11) is 2.17. The Balaban J connectivity index is 2.52. The lowest BCUT2D eigenvalue weighted by Gasteiger charge is -2.19. The topological polar surface area (TPSA) is 3.24 Å². The molecule has 0 fully saturated rings. The van der Waals surface area contributed by atoms with Crippen LogP contribution in [0.5, 0.6) is 0 Å². The molecule has 1 aromatic carbocycles. The average molecular weight is 179 g/mol. The molecule has 64 valence electrons. The quantitative estimate of drug-likeness (QED) is 0.552. The molecule has 1 aliphatic rings. The second kappa shape index (κ2) is 2.83. The van der Waals surface area contributed by atoms with Gasteiger partial charge in [0, 0.05) is 6.04 Å². The Morgan fingerprint density at radius 2 is 2.00 bits per heavy atom. The van der Waals surface area contributed by atoms with Gasteiger partial charge in [0.1, 0.15) is 0 Å². The van der Waals surface area contributed by atoms with E-state index in [0.717, 1.165) is 0 Å². The van der Waals surface area contributed by atoms with Crippen LogP contribution in [0.25, 0.3) is 0 Å². The molecule has 2 rings (SSSR count). The molecule has 2 heteroatoms. The van der Waals surface area contributed by atoms with Crippen LogP contribution >= 0.6 is 8.07 Å². The normalized spacial score (nSPS) is 28.9. The summed E-state index contributed by atoms with van der Waals surface area (Å²) in [6.07, 6.45) is 0. The molecule has 1 unspecified atom stereocenters. The van der Waals surface area contributed by atoms with Crippen LogP contribution in [-0.2, 0) is 0 Å². The zero-order valence-corrected chi connectivity index (χ0v) is 8.68. The first-order valence-electron chi connectivity index (χ1n) is 4.27. The fourth-order valence-corrected chi connectivity index (χ4v) is 3.69. The average Bonchev–Trinajstić information content (AvgIpc) is 2.33. The molecule has 0 spiro atoms. The van der Waals surface area contributed by atoms with Crippen LogP contribution in [-0.4, -0.2) is 18.4 Å². The van der Waals surface area contributed by atoms with Gasteiger partial charge in [-0.2, -0.15) is 0 Å². The van der Waals surface area contributed by atoms with Crippen LogP contribution < -0.4 is 5.30 Å². The first-order valence-corrected chi connectivity index (χ1v) is 6.01. The summed E-state index contributed by atoms with van der Waals surface area (Å²) in [6.45, 7) is 4.61. The van der Waals surface area contributed by atoms with E-state index in [1.807, 2.05) is 0 Å². The van der Waals surface area contributed by atoms with E-state index in [4.69, 9.17) is 0 Å². The highest BCUT2D eigenvalue weighted by atomic mass is 31.1. The van der Waals surface area contributed by atoms with E-state index < -0.39 is 0 Å². The summed E-state index contributed by atoms with van der Waals surface area (Å²) < 4.78 is 2.47. The number of hydrogen-bond acceptors (Lipinski definition) is 1. The predicted octanol–water partition coefficient (Wildman–Crippen LogP) is 2.35. The van der Waals surface area contributed by atoms with Crippen LogP contribution in [0.2, 0.25) is 0 Å². The minimum absolute atomic E-state index is 0.0481. The standard InChI is InChI=1S/C10H14NP/c1-8-9-6-4-5-7-10(9)12(3)11(8)2/h4-8H,1-3H3/t8?,12-/m1/s1. The van der Waals surface area contributed by atoms with Crippen molar-refractivity contribution in [3.05, 3.63) is 29.8 Å². The highest BCUT2D eigenvalue weighted by Gasteiger charge is 2.29. The molecule has 0 saturated heterocycles. The zero-order valence-electron chi connectivity index (χ0n) is 7.78. The largest absolute Gasteiger partial charge is 0.275 e. The van der Waals surface area contributed by atoms with E-state index in [1.165, 1.54) is 5.56 Å². The molecule has 1 nitrogen and oxygen atoms in total. The fourth-order valence-electron chi connectivity index (χ4n) is 1.77. The monoisotopic (exact) mass is 179 g/mol. The van der Waals surface area contributed by atoms with Gasteiger partial charge in [-0.25, -0.2) is 0 Å². The van der Waals surface area contributed by atoms with E-state index in [1.54, 1.807) is 5.30 Å². The third-order valence-electron chi connectivity index (χ3n) is 2.77. The number of rotatable bonds is 0. The number of nitrogens with zero attached hydrogens (tertiary/aromatic N) is 1. The van der Waals surface area contributed by atoms with E-state index in [-0.39, 0.29) is 8.07 Å². The van der Waals surface area contributed by atoms with Gasteiger partial charge < -0.3 is 0 Å². The highest BCUT2D eigenvalue weighted by Crippen LogP contribution is 2.47. The molecule has 0 N–H and O–H groups in total. The second-order valence-corrected chi connectivity index (χ2v) is 5.49. The van der Waals surface area contributed by atoms with E-state index in [2.05, 4.69) is 49.6 Å². The third kappa shape index (κ3) is 1.01. The maximum absolute atomic E-state index is 2.47. The fraction of sp³-hybridized carbons (Fsp3) is 0.400. The first-order chi connectivity index (χ1) is 5.72. The lowest BCUT2D eigenvalue weighted by Crippen LogP contribution is -2.09. The molecule has 2 atom stereocenters. The maximum atomic E-state index is 2.47. The molecule has 0 bridgehead atoms. The Morgan fingerprint density at radius 3 is 2.67 bits per heavy atom. The molecular formula is C10H14NP. The lowest BCUT2D eigenvalue weighted by molar-refractivity contribution is 0.457. The molecular weight excluding hydrogens is 165 g/mol. The maximum Gasteiger partial charge on any atom is 0.0363 e. The minimum atomic E-state index is -0.0481. The molecule has 1 aliphatic heterocycles. The van der Waals surface area contributed by atoms with Crippen LogP contribution in [0.15, 0.2) is 24.3 Å². The minimum Gasteiger partial charge on any atom is -0.275 e. The third-order valence-corrected chi connectivity index (χ3v) is 5.17. The molecule has 0 aromatic heterocycles. The van der Waals surface area contributed by atoms with Crippen molar-refractivity contribution in [3.63, 3.8) is 0 Å². The van der Waals surface area contributed by atoms with Crippen molar-refractivity contribution in [1.29, 1.82) is 0 Å². The molecule has 0 saturated carbocycles. The van der Waals surface area contributed by atoms with Gasteiger partial charge >= 0.3 is 0 Å². The van der Waals surface area contributed by atoms with Crippen molar-refractivity contribution in [2.45, 2.75) is 13.0 Å². The smallest absolute Gasteiger partial charge is 0.0363 e. The summed E-state index contributed by atoms with van der Waals surface area (Å²) in [5.74, 6) is 0. The van der Waals surface area contributed by atoms with Gasteiger partial charge in [0.25, 0.3) is 0 Å². The second-order valence-electron chi connectivity index (χ2n) is 3.33. The van der Waals surface area contributed by atoms with Gasteiger partial charge in [0.2, 0.25) is 0 Å². The van der Waals surface area contributed by atoms with E-state index in [0.29, 0.717) is 6.04 Å². The molecule has 1 heterocycles. The van der Waals surface area contributed by atoms with Crippen molar-refractivity contribution in [2.75, 3.05) is 13.7 Å². The summed E-state index contributed by atoms with van der Waals surface area (Å²) in [4.78, 5) is 0. The lowest BCUT2D eigenvalue weighted by atomic mass is 10.1. The SMILES string of the molecule is CC1c2ccccc2[P@@](C)N1C. The number of hydrogen-bond donors (Lipinski definition) is 0. The van der Waals surface area contributed by atoms with Crippen LogP contribution in [0, 0.1) is 0 Å². The van der Waals surface area contributed by atoms with Crippen molar-refractivity contribution in [2.24, 2.45) is 0 Å². The van der Waals surface area contributed by atoms with Crippen molar-refractivity contribution in [1.82, 2.24) is 4.67 Å². The summed E-state index contributed by atoms with van der Waals surface area (Å²) in [5, 5.41) is 1.56. The van der Waals surface area contributed by atoms with E-state index in [9.17, 15) is 0 Å². The van der Waals surface area contributed by atoms with Crippen LogP contribution in [0.1, 0.15) is 18.5 Å². The molecule has 0 aliphatic carbocycles. The van der Waals surface area contributed by atoms with Gasteiger partial charge in [-0.3, -0.25) is 4.67 Å². The zero-order chi connectivity index (χ0) is 8.72. The number of benzene rings is 1. The first kappa shape index (κ1) is 8.22. The molecule has 1 aromatic rings. The number of fused-ring (bicyclic) bond motifs is 1. The highest BCUT2D eigenvalue weighted by molar-refractivity contribution is 7.63. The molecule has 0 amide bonds. The Bertz CT molecular complexity index is 269. The van der Waals surface area contributed by atoms with Gasteiger partial charge in [0.05, 0.1) is 0 Å². The summed E-state index contributed by atoms with van der Waals surface area (Å²) >= 11 is 0. The van der Waals surface area contributed by atoms with Crippen molar-refractivity contribution < 1.29 is 0 Å².